The lowest BCUT2D eigenvalue weighted by atomic mass is 9.88. The zero-order valence-corrected chi connectivity index (χ0v) is 76.6. The van der Waals surface area contributed by atoms with Gasteiger partial charge in [0.1, 0.15) is 16.8 Å². The van der Waals surface area contributed by atoms with Gasteiger partial charge in [-0.05, 0) is 231 Å². The molecule has 0 fully saturated rings. The van der Waals surface area contributed by atoms with Gasteiger partial charge in [0.15, 0.2) is 0 Å². The number of amides is 6. The number of likely N-dealkylation sites (N-methyl/N-ethyl adjacent to an activating group) is 4. The number of thioether (sulfide) groups is 3. The summed E-state index contributed by atoms with van der Waals surface area (Å²) in [5.74, 6) is 1.11. The first kappa shape index (κ1) is 106. The molecule has 22 heteroatoms. The Labute approximate surface area is 685 Å². The van der Waals surface area contributed by atoms with Gasteiger partial charge in [-0.2, -0.15) is 0 Å². The fourth-order valence-corrected chi connectivity index (χ4v) is 15.5. The van der Waals surface area contributed by atoms with Crippen LogP contribution in [0.1, 0.15) is 319 Å². The van der Waals surface area contributed by atoms with Gasteiger partial charge in [-0.1, -0.05) is 237 Å². The van der Waals surface area contributed by atoms with Gasteiger partial charge in [0.05, 0.1) is 18.1 Å². The third-order valence-electron chi connectivity index (χ3n) is 18.4. The molecule has 638 valence electrons. The minimum atomic E-state index is -0.448. The Hall–Kier alpha value is -4.45. The summed E-state index contributed by atoms with van der Waals surface area (Å²) in [6.07, 6.45) is 54.6. The molecule has 0 heterocycles. The molecule has 0 saturated heterocycles. The summed E-state index contributed by atoms with van der Waals surface area (Å²) in [6, 6.07) is 2.12. The molecule has 10 N–H and O–H groups in total. The third kappa shape index (κ3) is 55.9. The highest BCUT2D eigenvalue weighted by atomic mass is 32.2. The Morgan fingerprint density at radius 3 is 0.873 bits per heavy atom. The maximum Gasteiger partial charge on any atom is 0.408 e. The van der Waals surface area contributed by atoms with Crippen LogP contribution in [0.25, 0.3) is 0 Å². The quantitative estimate of drug-likeness (QED) is 0.0644. The van der Waals surface area contributed by atoms with Crippen molar-refractivity contribution in [3.05, 3.63) is 72.9 Å². The van der Waals surface area contributed by atoms with Crippen LogP contribution in [0.15, 0.2) is 72.9 Å². The third-order valence-corrected chi connectivity index (χ3v) is 21.2. The number of rotatable bonds is 12. The molecule has 19 nitrogen and oxygen atoms in total. The van der Waals surface area contributed by atoms with Crippen molar-refractivity contribution in [2.24, 2.45) is 11.8 Å². The fourth-order valence-electron chi connectivity index (χ4n) is 13.2. The van der Waals surface area contributed by atoms with Gasteiger partial charge in [-0.25, -0.2) is 14.4 Å². The minimum Gasteiger partial charge on any atom is -0.444 e. The van der Waals surface area contributed by atoms with E-state index in [0.717, 1.165) is 109 Å². The molecular weight excluding hydrogens is 1440 g/mol. The largest absolute Gasteiger partial charge is 0.444 e. The zero-order chi connectivity index (χ0) is 83.6. The summed E-state index contributed by atoms with van der Waals surface area (Å²) in [4.78, 5) is 71.4. The van der Waals surface area contributed by atoms with E-state index in [9.17, 15) is 28.8 Å². The van der Waals surface area contributed by atoms with Crippen molar-refractivity contribution < 1.29 is 43.0 Å². The van der Waals surface area contributed by atoms with Gasteiger partial charge in [0, 0.05) is 56.5 Å². The Morgan fingerprint density at radius 1 is 0.300 bits per heavy atom. The second-order valence-electron chi connectivity index (χ2n) is 35.2. The van der Waals surface area contributed by atoms with E-state index in [4.69, 9.17) is 14.2 Å². The second kappa shape index (κ2) is 57.6. The van der Waals surface area contributed by atoms with Crippen LogP contribution in [0.2, 0.25) is 0 Å². The second-order valence-corrected chi connectivity index (χ2v) is 40.6. The van der Waals surface area contributed by atoms with E-state index in [1.807, 2.05) is 104 Å². The highest BCUT2D eigenvalue weighted by molar-refractivity contribution is 8.15. The predicted molar refractivity (Wildman–Crippen MR) is 474 cm³/mol. The lowest BCUT2D eigenvalue weighted by Crippen LogP contribution is -2.50. The number of carbonyl (C=O) groups is 6. The number of hydrogen-bond acceptors (Lipinski definition) is 16. The van der Waals surface area contributed by atoms with E-state index in [2.05, 4.69) is 202 Å². The highest BCUT2D eigenvalue weighted by Gasteiger charge is 2.31. The predicted octanol–water partition coefficient (Wildman–Crippen LogP) is 21.6. The smallest absolute Gasteiger partial charge is 0.408 e. The Morgan fingerprint density at radius 2 is 0.564 bits per heavy atom. The number of carbonyl (C=O) groups excluding carboxylic acids is 6. The van der Waals surface area contributed by atoms with Gasteiger partial charge in [0.25, 0.3) is 15.7 Å². The molecule has 0 aromatic rings. The van der Waals surface area contributed by atoms with Crippen LogP contribution >= 0.6 is 35.3 Å². The van der Waals surface area contributed by atoms with Crippen LogP contribution in [0, 0.1) is 11.8 Å². The normalized spacial score (nSPS) is 26.6. The van der Waals surface area contributed by atoms with E-state index in [1.54, 1.807) is 0 Å². The fraction of sp³-hybridized carbons (Fsp3) is 0.795. The standard InChI is InChI=1S/C15H27NO2.C15H27NOS.2C14H26N2O2.2C14H26N2OS.C2H6/c2*1-5-12-10-8-6-7-9-11-13(12)16-14(17)18-15(2,3)4;4*1-14(2,3)18-13(17)16-12-10-8-6-5-7-9-11(12)15-4;1-2/h2*9,11-13H,5-8,10H2,1-4H3,(H,16,17);7,9,11-12,15H,5-6,8,10H2,1-4H3,(H,16,17);5-6,11-12,15H,7-10H2,1-4H3,(H,16,17);7,9,11-12,15H,5-6,8,10H2,1-4H3,(H,16,17);5-6,11-12,15H,7-10H2,1-4H3,(H,16,17);1-2H3/b2*11-9+;9-7+;6-5+;9-7+;6-5+;/t2*12-,13-;11-,12-;11-,12+;11-,12-;11-,12+;/m111010./s1. The minimum absolute atomic E-state index is 0.0167. The number of nitrogens with one attached hydrogen (secondary N) is 10. The highest BCUT2D eigenvalue weighted by Crippen LogP contribution is 2.30. The van der Waals surface area contributed by atoms with Gasteiger partial charge < -0.3 is 67.4 Å². The molecular formula is C88H164N10O9S3. The summed E-state index contributed by atoms with van der Waals surface area (Å²) in [5, 5.41) is 31.9. The van der Waals surface area contributed by atoms with Crippen molar-refractivity contribution in [2.75, 3.05) is 28.2 Å². The van der Waals surface area contributed by atoms with E-state index in [-0.39, 0.29) is 96.6 Å². The molecule has 6 aliphatic carbocycles. The Bertz CT molecular complexity index is 2520. The van der Waals surface area contributed by atoms with Gasteiger partial charge in [-0.15, -0.1) is 0 Å². The van der Waals surface area contributed by atoms with Crippen molar-refractivity contribution in [1.82, 2.24) is 53.2 Å². The maximum atomic E-state index is 12.0. The van der Waals surface area contributed by atoms with Crippen LogP contribution in [0.4, 0.5) is 28.8 Å². The zero-order valence-electron chi connectivity index (χ0n) is 74.1. The molecule has 0 aliphatic heterocycles. The van der Waals surface area contributed by atoms with E-state index in [1.165, 1.54) is 93.1 Å². The summed E-state index contributed by atoms with van der Waals surface area (Å²) in [6.45, 7) is 43.9. The topological polar surface area (TPSA) is 250 Å². The molecule has 0 radical (unpaired) electrons. The average molecular weight is 1600 g/mol. The van der Waals surface area contributed by atoms with Crippen LogP contribution in [-0.4, -0.2) is 154 Å². The summed E-state index contributed by atoms with van der Waals surface area (Å²) >= 11 is 4.14. The van der Waals surface area contributed by atoms with Crippen molar-refractivity contribution in [1.29, 1.82) is 0 Å². The number of ether oxygens (including phenoxy) is 3. The van der Waals surface area contributed by atoms with Crippen molar-refractivity contribution in [2.45, 2.75) is 411 Å². The number of hydrogen-bond donors (Lipinski definition) is 10. The summed E-state index contributed by atoms with van der Waals surface area (Å²) < 4.78 is 15.9. The first-order valence-electron chi connectivity index (χ1n) is 42.2. The number of allylic oxidation sites excluding steroid dienone is 8. The summed E-state index contributed by atoms with van der Waals surface area (Å²) in [7, 11) is 7.79. The monoisotopic (exact) mass is 1600 g/mol. The maximum absolute atomic E-state index is 12.0. The molecule has 0 spiro atoms. The first-order chi connectivity index (χ1) is 51.5. The lowest BCUT2D eigenvalue weighted by molar-refractivity contribution is 0.0479. The van der Waals surface area contributed by atoms with Crippen LogP contribution < -0.4 is 53.2 Å². The molecule has 0 saturated carbocycles. The lowest BCUT2D eigenvalue weighted by Gasteiger charge is -2.29. The number of alkyl carbamates (subject to hydrolysis) is 3. The molecule has 110 heavy (non-hydrogen) atoms. The average Bonchev–Trinajstić information content (AvgIpc) is 0.914. The molecule has 0 unspecified atom stereocenters. The Kier molecular flexibility index (Phi) is 55.2. The van der Waals surface area contributed by atoms with Gasteiger partial charge in [-0.3, -0.25) is 14.4 Å². The van der Waals surface area contributed by atoms with E-state index in [0.29, 0.717) is 23.9 Å². The van der Waals surface area contributed by atoms with Crippen molar-refractivity contribution in [3.63, 3.8) is 0 Å². The van der Waals surface area contributed by atoms with Crippen LogP contribution in [0.3, 0.4) is 0 Å². The van der Waals surface area contributed by atoms with Crippen molar-refractivity contribution in [3.8, 4) is 0 Å². The molecule has 6 rings (SSSR count). The molecule has 0 aromatic heterocycles. The first-order valence-corrected chi connectivity index (χ1v) is 44.6. The molecule has 0 bridgehead atoms. The SMILES string of the molecule is CC.CC[C@@H]1CCCC/C=C/[C@H]1NC(=O)OC(C)(C)C.CC[C@@H]1CCCC/C=C/[C@H]1NC(=O)SC(C)(C)C.CN[C@@H]1/C=C/CCCC[C@H]1NC(=O)OC(C)(C)C.CN[C@@H]1/C=C/CCCC[C@H]1NC(=O)SC(C)(C)C.CN[C@H]1CC/C=C/CC[C@H]1NC(=O)OC(C)(C)C.CN[C@H]1CC/C=C/CC[C@H]1NC(=O)SC(C)(C)C. The van der Waals surface area contributed by atoms with Crippen LogP contribution in [-0.2, 0) is 14.2 Å². The van der Waals surface area contributed by atoms with Crippen molar-refractivity contribution >= 4 is 69.3 Å². The van der Waals surface area contributed by atoms with Crippen LogP contribution in [0.5, 0.6) is 0 Å². The molecule has 6 aliphatic rings. The Balaban J connectivity index is 0.00000129. The van der Waals surface area contributed by atoms with E-state index < -0.39 is 16.8 Å². The molecule has 0 aromatic carbocycles. The summed E-state index contributed by atoms with van der Waals surface area (Å²) in [5.41, 5.74) is -1.32. The molecule has 12 atom stereocenters. The van der Waals surface area contributed by atoms with Gasteiger partial charge >= 0.3 is 18.3 Å². The van der Waals surface area contributed by atoms with Gasteiger partial charge in [0.2, 0.25) is 0 Å². The van der Waals surface area contributed by atoms with E-state index >= 15 is 0 Å². The molecule has 6 amide bonds.